The third-order valence-electron chi connectivity index (χ3n) is 3.32. The molecular formula is C16H22N4O3S. The standard InChI is InChI=1S/C16H22N4O3S/c1-2-3-4-9-14-19-20-16(24-14)18-13(21)8-5-10-17-15(22)12-7-6-11-23-12/h6-7,11H,2-5,8-10H2,1H3,(H,17,22)(H,18,20,21). The summed E-state index contributed by atoms with van der Waals surface area (Å²) in [5.41, 5.74) is 0. The van der Waals surface area contributed by atoms with Crippen molar-refractivity contribution in [3.05, 3.63) is 29.2 Å². The third kappa shape index (κ3) is 6.11. The summed E-state index contributed by atoms with van der Waals surface area (Å²) in [6.07, 6.45) is 6.63. The second-order valence-electron chi connectivity index (χ2n) is 5.34. The van der Waals surface area contributed by atoms with E-state index in [-0.39, 0.29) is 17.6 Å². The molecular weight excluding hydrogens is 328 g/mol. The molecule has 2 N–H and O–H groups in total. The van der Waals surface area contributed by atoms with Crippen molar-refractivity contribution in [1.29, 1.82) is 0 Å². The first-order valence-electron chi connectivity index (χ1n) is 8.13. The summed E-state index contributed by atoms with van der Waals surface area (Å²) in [6.45, 7) is 2.56. The van der Waals surface area contributed by atoms with Gasteiger partial charge in [-0.25, -0.2) is 0 Å². The summed E-state index contributed by atoms with van der Waals surface area (Å²) in [7, 11) is 0. The molecule has 0 fully saturated rings. The molecule has 24 heavy (non-hydrogen) atoms. The van der Waals surface area contributed by atoms with E-state index in [4.69, 9.17) is 4.42 Å². The first kappa shape index (κ1) is 18.1. The van der Waals surface area contributed by atoms with Gasteiger partial charge < -0.3 is 15.1 Å². The highest BCUT2D eigenvalue weighted by Crippen LogP contribution is 2.17. The SMILES string of the molecule is CCCCCc1nnc(NC(=O)CCCNC(=O)c2ccco2)s1. The second kappa shape index (κ2) is 9.82. The molecule has 2 rings (SSSR count). The molecule has 7 nitrogen and oxygen atoms in total. The van der Waals surface area contributed by atoms with Gasteiger partial charge in [0.05, 0.1) is 6.26 Å². The van der Waals surface area contributed by atoms with E-state index in [0.717, 1.165) is 17.8 Å². The quantitative estimate of drug-likeness (QED) is 0.642. The van der Waals surface area contributed by atoms with Gasteiger partial charge in [0, 0.05) is 19.4 Å². The Morgan fingerprint density at radius 2 is 2.12 bits per heavy atom. The van der Waals surface area contributed by atoms with Gasteiger partial charge in [0.2, 0.25) is 11.0 Å². The maximum absolute atomic E-state index is 11.9. The molecule has 0 atom stereocenters. The molecule has 0 aliphatic heterocycles. The van der Waals surface area contributed by atoms with Crippen LogP contribution in [-0.4, -0.2) is 28.6 Å². The van der Waals surface area contributed by atoms with Gasteiger partial charge in [-0.2, -0.15) is 0 Å². The minimum atomic E-state index is -0.277. The Morgan fingerprint density at radius 3 is 2.88 bits per heavy atom. The zero-order chi connectivity index (χ0) is 17.2. The number of furan rings is 1. The summed E-state index contributed by atoms with van der Waals surface area (Å²) in [5.74, 6) is -0.135. The average molecular weight is 350 g/mol. The molecule has 0 bridgehead atoms. The molecule has 0 aromatic carbocycles. The first-order chi connectivity index (χ1) is 11.7. The van der Waals surface area contributed by atoms with E-state index in [9.17, 15) is 9.59 Å². The van der Waals surface area contributed by atoms with E-state index < -0.39 is 0 Å². The first-order valence-corrected chi connectivity index (χ1v) is 8.94. The van der Waals surface area contributed by atoms with E-state index in [1.54, 1.807) is 12.1 Å². The highest BCUT2D eigenvalue weighted by atomic mass is 32.1. The van der Waals surface area contributed by atoms with Gasteiger partial charge >= 0.3 is 0 Å². The fourth-order valence-corrected chi connectivity index (χ4v) is 2.86. The molecule has 8 heteroatoms. The van der Waals surface area contributed by atoms with E-state index >= 15 is 0 Å². The van der Waals surface area contributed by atoms with Crippen molar-refractivity contribution in [2.24, 2.45) is 0 Å². The monoisotopic (exact) mass is 350 g/mol. The predicted octanol–water partition coefficient (Wildman–Crippen LogP) is 3.01. The van der Waals surface area contributed by atoms with Gasteiger partial charge in [-0.15, -0.1) is 10.2 Å². The molecule has 2 aromatic rings. The van der Waals surface area contributed by atoms with Gasteiger partial charge in [-0.1, -0.05) is 31.1 Å². The van der Waals surface area contributed by atoms with E-state index in [1.807, 2.05) is 0 Å². The topological polar surface area (TPSA) is 97.1 Å². The smallest absolute Gasteiger partial charge is 0.286 e. The molecule has 2 amide bonds. The number of anilines is 1. The van der Waals surface area contributed by atoms with Crippen molar-refractivity contribution in [2.45, 2.75) is 45.4 Å². The van der Waals surface area contributed by atoms with Crippen LogP contribution in [-0.2, 0) is 11.2 Å². The Labute approximate surface area is 144 Å². The van der Waals surface area contributed by atoms with E-state index in [0.29, 0.717) is 24.5 Å². The van der Waals surface area contributed by atoms with Crippen molar-refractivity contribution in [3.63, 3.8) is 0 Å². The highest BCUT2D eigenvalue weighted by Gasteiger charge is 2.10. The van der Waals surface area contributed by atoms with Gasteiger partial charge in [-0.05, 0) is 25.0 Å². The lowest BCUT2D eigenvalue weighted by molar-refractivity contribution is -0.116. The number of unbranched alkanes of at least 4 members (excludes halogenated alkanes) is 2. The summed E-state index contributed by atoms with van der Waals surface area (Å²) in [6, 6.07) is 3.25. The van der Waals surface area contributed by atoms with Crippen molar-refractivity contribution >= 4 is 28.3 Å². The maximum atomic E-state index is 11.9. The van der Waals surface area contributed by atoms with Gasteiger partial charge in [0.1, 0.15) is 5.01 Å². The van der Waals surface area contributed by atoms with E-state index in [2.05, 4.69) is 27.8 Å². The molecule has 0 aliphatic rings. The van der Waals surface area contributed by atoms with Crippen LogP contribution in [0.1, 0.15) is 54.6 Å². The Balaban J connectivity index is 1.62. The lowest BCUT2D eigenvalue weighted by Gasteiger charge is -2.03. The van der Waals surface area contributed by atoms with Gasteiger partial charge in [0.25, 0.3) is 5.91 Å². The lowest BCUT2D eigenvalue weighted by atomic mass is 10.2. The number of nitrogens with one attached hydrogen (secondary N) is 2. The average Bonchev–Trinajstić information content (AvgIpc) is 3.23. The Morgan fingerprint density at radius 1 is 1.25 bits per heavy atom. The Kier molecular flexibility index (Phi) is 7.41. The number of carbonyl (C=O) groups excluding carboxylic acids is 2. The van der Waals surface area contributed by atoms with Crippen molar-refractivity contribution in [2.75, 3.05) is 11.9 Å². The minimum absolute atomic E-state index is 0.126. The Bertz CT molecular complexity index is 640. The van der Waals surface area contributed by atoms with Crippen molar-refractivity contribution in [1.82, 2.24) is 15.5 Å². The summed E-state index contributed by atoms with van der Waals surface area (Å²) >= 11 is 1.42. The summed E-state index contributed by atoms with van der Waals surface area (Å²) in [4.78, 5) is 23.5. The van der Waals surface area contributed by atoms with Crippen LogP contribution >= 0.6 is 11.3 Å². The molecule has 2 heterocycles. The Hall–Kier alpha value is -2.22. The third-order valence-corrected chi connectivity index (χ3v) is 4.22. The van der Waals surface area contributed by atoms with Crippen LogP contribution in [0.5, 0.6) is 0 Å². The fraction of sp³-hybridized carbons (Fsp3) is 0.500. The normalized spacial score (nSPS) is 10.5. The maximum Gasteiger partial charge on any atom is 0.286 e. The summed E-state index contributed by atoms with van der Waals surface area (Å²) in [5, 5.41) is 15.0. The van der Waals surface area contributed by atoms with E-state index in [1.165, 1.54) is 30.4 Å². The second-order valence-corrected chi connectivity index (χ2v) is 6.41. The van der Waals surface area contributed by atoms with Crippen LogP contribution in [0.2, 0.25) is 0 Å². The molecule has 0 saturated carbocycles. The zero-order valence-corrected chi connectivity index (χ0v) is 14.5. The van der Waals surface area contributed by atoms with Gasteiger partial charge in [-0.3, -0.25) is 9.59 Å². The van der Waals surface area contributed by atoms with Crippen molar-refractivity contribution in [3.8, 4) is 0 Å². The number of hydrogen-bond acceptors (Lipinski definition) is 6. The van der Waals surface area contributed by atoms with Crippen LogP contribution in [0, 0.1) is 0 Å². The highest BCUT2D eigenvalue weighted by molar-refractivity contribution is 7.15. The molecule has 0 aliphatic carbocycles. The zero-order valence-electron chi connectivity index (χ0n) is 13.7. The van der Waals surface area contributed by atoms with Crippen LogP contribution in [0.4, 0.5) is 5.13 Å². The number of aromatic nitrogens is 2. The fourth-order valence-electron chi connectivity index (χ4n) is 2.06. The minimum Gasteiger partial charge on any atom is -0.459 e. The molecule has 2 aromatic heterocycles. The predicted molar refractivity (Wildman–Crippen MR) is 92.0 cm³/mol. The largest absolute Gasteiger partial charge is 0.459 e. The van der Waals surface area contributed by atoms with Crippen molar-refractivity contribution < 1.29 is 14.0 Å². The summed E-state index contributed by atoms with van der Waals surface area (Å²) < 4.78 is 4.98. The number of carbonyl (C=O) groups is 2. The number of amides is 2. The van der Waals surface area contributed by atoms with Gasteiger partial charge in [0.15, 0.2) is 5.76 Å². The van der Waals surface area contributed by atoms with Crippen LogP contribution < -0.4 is 10.6 Å². The number of hydrogen-bond donors (Lipinski definition) is 2. The molecule has 0 radical (unpaired) electrons. The van der Waals surface area contributed by atoms with Crippen LogP contribution in [0.15, 0.2) is 22.8 Å². The van der Waals surface area contributed by atoms with Crippen LogP contribution in [0.3, 0.4) is 0 Å². The molecule has 0 unspecified atom stereocenters. The van der Waals surface area contributed by atoms with Crippen LogP contribution in [0.25, 0.3) is 0 Å². The number of nitrogens with zero attached hydrogens (tertiary/aromatic N) is 2. The molecule has 0 saturated heterocycles. The number of rotatable bonds is 10. The molecule has 0 spiro atoms. The lowest BCUT2D eigenvalue weighted by Crippen LogP contribution is -2.25. The number of aryl methyl sites for hydroxylation is 1. The molecule has 130 valence electrons.